The van der Waals surface area contributed by atoms with Crippen LogP contribution in [0.5, 0.6) is 5.75 Å². The van der Waals surface area contributed by atoms with E-state index in [-0.39, 0.29) is 23.8 Å². The van der Waals surface area contributed by atoms with Crippen LogP contribution < -0.4 is 10.1 Å². The molecule has 128 valence electrons. The summed E-state index contributed by atoms with van der Waals surface area (Å²) in [6.07, 6.45) is -3.54. The summed E-state index contributed by atoms with van der Waals surface area (Å²) in [5.41, 5.74) is -0.810. The maximum Gasteiger partial charge on any atom is 0.416 e. The Bertz CT molecular complexity index is 542. The molecular weight excluding hydrogens is 311 g/mol. The van der Waals surface area contributed by atoms with Gasteiger partial charge in [0, 0.05) is 6.61 Å². The number of carbonyl (C=O) groups is 1. The first-order chi connectivity index (χ1) is 10.8. The first kappa shape index (κ1) is 17.6. The highest BCUT2D eigenvalue weighted by Gasteiger charge is 2.31. The van der Waals surface area contributed by atoms with Gasteiger partial charge >= 0.3 is 6.18 Å². The molecule has 3 atom stereocenters. The van der Waals surface area contributed by atoms with Gasteiger partial charge in [-0.3, -0.25) is 4.79 Å². The third kappa shape index (κ3) is 4.86. The molecule has 0 aromatic heterocycles. The average Bonchev–Trinajstić information content (AvgIpc) is 3.00. The summed E-state index contributed by atoms with van der Waals surface area (Å²) in [6.45, 7) is 4.02. The van der Waals surface area contributed by atoms with Gasteiger partial charge in [0.05, 0.1) is 17.7 Å². The first-order valence-corrected chi connectivity index (χ1v) is 7.53. The molecule has 1 N–H and O–H groups in total. The molecule has 1 amide bonds. The van der Waals surface area contributed by atoms with Crippen molar-refractivity contribution in [2.45, 2.75) is 51.1 Å². The summed E-state index contributed by atoms with van der Waals surface area (Å²) in [6, 6.07) is 4.31. The number of halogens is 3. The Morgan fingerprint density at radius 3 is 2.74 bits per heavy atom. The second-order valence-corrected chi connectivity index (χ2v) is 5.63. The molecule has 4 nitrogen and oxygen atoms in total. The Labute approximate surface area is 133 Å². The lowest BCUT2D eigenvalue weighted by Crippen LogP contribution is -2.46. The summed E-state index contributed by atoms with van der Waals surface area (Å²) < 4.78 is 48.8. The van der Waals surface area contributed by atoms with Crippen molar-refractivity contribution in [3.8, 4) is 5.75 Å². The lowest BCUT2D eigenvalue weighted by Gasteiger charge is -2.22. The molecule has 23 heavy (non-hydrogen) atoms. The number of ether oxygens (including phenoxy) is 2. The molecule has 1 fully saturated rings. The lowest BCUT2D eigenvalue weighted by molar-refractivity contribution is -0.137. The maximum absolute atomic E-state index is 12.7. The topological polar surface area (TPSA) is 47.6 Å². The van der Waals surface area contributed by atoms with Gasteiger partial charge in [0.25, 0.3) is 5.91 Å². The van der Waals surface area contributed by atoms with Crippen molar-refractivity contribution in [1.82, 2.24) is 5.32 Å². The summed E-state index contributed by atoms with van der Waals surface area (Å²) in [7, 11) is 0. The van der Waals surface area contributed by atoms with Gasteiger partial charge < -0.3 is 14.8 Å². The van der Waals surface area contributed by atoms with Gasteiger partial charge in [-0.05, 0) is 44.9 Å². The molecule has 3 unspecified atom stereocenters. The van der Waals surface area contributed by atoms with E-state index in [0.29, 0.717) is 6.61 Å². The van der Waals surface area contributed by atoms with Gasteiger partial charge in [-0.1, -0.05) is 6.07 Å². The van der Waals surface area contributed by atoms with Crippen molar-refractivity contribution in [2.24, 2.45) is 0 Å². The fourth-order valence-electron chi connectivity index (χ4n) is 2.43. The van der Waals surface area contributed by atoms with E-state index in [2.05, 4.69) is 5.32 Å². The fraction of sp³-hybridized carbons (Fsp3) is 0.562. The van der Waals surface area contributed by atoms with Crippen LogP contribution in [0.2, 0.25) is 0 Å². The monoisotopic (exact) mass is 331 g/mol. The highest BCUT2D eigenvalue weighted by atomic mass is 19.4. The van der Waals surface area contributed by atoms with Crippen molar-refractivity contribution in [3.63, 3.8) is 0 Å². The number of carbonyl (C=O) groups excluding carboxylic acids is 1. The van der Waals surface area contributed by atoms with E-state index in [1.807, 2.05) is 6.92 Å². The number of nitrogens with one attached hydrogen (secondary N) is 1. The zero-order chi connectivity index (χ0) is 17.0. The first-order valence-electron chi connectivity index (χ1n) is 7.53. The molecule has 2 rings (SSSR count). The highest BCUT2D eigenvalue weighted by Crippen LogP contribution is 2.31. The van der Waals surface area contributed by atoms with Crippen molar-refractivity contribution in [1.29, 1.82) is 0 Å². The zero-order valence-electron chi connectivity index (χ0n) is 13.0. The van der Waals surface area contributed by atoms with Crippen LogP contribution in [0.4, 0.5) is 13.2 Å². The zero-order valence-corrected chi connectivity index (χ0v) is 13.0. The minimum absolute atomic E-state index is 0.00671. The van der Waals surface area contributed by atoms with E-state index in [0.717, 1.165) is 25.0 Å². The largest absolute Gasteiger partial charge is 0.481 e. The molecular formula is C16H20F3NO3. The number of rotatable bonds is 5. The molecule has 0 spiro atoms. The normalized spacial score (nSPS) is 20.8. The third-order valence-electron chi connectivity index (χ3n) is 3.74. The average molecular weight is 331 g/mol. The summed E-state index contributed by atoms with van der Waals surface area (Å²) in [4.78, 5) is 12.1. The van der Waals surface area contributed by atoms with E-state index in [4.69, 9.17) is 9.47 Å². The van der Waals surface area contributed by atoms with E-state index in [1.54, 1.807) is 0 Å². The smallest absolute Gasteiger partial charge is 0.416 e. The second kappa shape index (κ2) is 7.21. The number of alkyl halides is 3. The summed E-state index contributed by atoms with van der Waals surface area (Å²) >= 11 is 0. The van der Waals surface area contributed by atoms with Gasteiger partial charge in [-0.2, -0.15) is 13.2 Å². The molecule has 1 aliphatic rings. The van der Waals surface area contributed by atoms with Crippen molar-refractivity contribution >= 4 is 5.91 Å². The number of amides is 1. The lowest BCUT2D eigenvalue weighted by atomic mass is 10.1. The Morgan fingerprint density at radius 2 is 2.13 bits per heavy atom. The molecule has 1 saturated heterocycles. The van der Waals surface area contributed by atoms with Gasteiger partial charge in [-0.25, -0.2) is 0 Å². The number of benzene rings is 1. The van der Waals surface area contributed by atoms with E-state index in [1.165, 1.54) is 19.1 Å². The molecule has 7 heteroatoms. The third-order valence-corrected chi connectivity index (χ3v) is 3.74. The van der Waals surface area contributed by atoms with Gasteiger partial charge in [0.1, 0.15) is 5.75 Å². The highest BCUT2D eigenvalue weighted by molar-refractivity contribution is 5.81. The Morgan fingerprint density at radius 1 is 1.39 bits per heavy atom. The minimum Gasteiger partial charge on any atom is -0.481 e. The van der Waals surface area contributed by atoms with Crippen LogP contribution in [0, 0.1) is 0 Å². The van der Waals surface area contributed by atoms with Gasteiger partial charge in [-0.15, -0.1) is 0 Å². The maximum atomic E-state index is 12.7. The van der Waals surface area contributed by atoms with E-state index >= 15 is 0 Å². The van der Waals surface area contributed by atoms with Crippen molar-refractivity contribution < 1.29 is 27.4 Å². The predicted molar refractivity (Wildman–Crippen MR) is 78.1 cm³/mol. The standard InChI is InChI=1S/C16H20F3NO3/c1-10(14-7-4-8-22-14)20-15(21)11(2)23-13-6-3-5-12(9-13)16(17,18)19/h3,5-6,9-11,14H,4,7-8H2,1-2H3,(H,20,21). The van der Waals surface area contributed by atoms with Crippen LogP contribution in [0.1, 0.15) is 32.3 Å². The quantitative estimate of drug-likeness (QED) is 0.902. The Balaban J connectivity index is 1.93. The second-order valence-electron chi connectivity index (χ2n) is 5.63. The van der Waals surface area contributed by atoms with Gasteiger partial charge in [0.15, 0.2) is 6.10 Å². The fourth-order valence-corrected chi connectivity index (χ4v) is 2.43. The van der Waals surface area contributed by atoms with Crippen LogP contribution >= 0.6 is 0 Å². The number of hydrogen-bond acceptors (Lipinski definition) is 3. The molecule has 0 aliphatic carbocycles. The molecule has 1 aliphatic heterocycles. The van der Waals surface area contributed by atoms with Gasteiger partial charge in [0.2, 0.25) is 0 Å². The van der Waals surface area contributed by atoms with E-state index < -0.39 is 17.8 Å². The Hall–Kier alpha value is -1.76. The van der Waals surface area contributed by atoms with Crippen LogP contribution in [-0.2, 0) is 15.7 Å². The Kier molecular flexibility index (Phi) is 5.51. The summed E-state index contributed by atoms with van der Waals surface area (Å²) in [5.74, 6) is -0.377. The predicted octanol–water partition coefficient (Wildman–Crippen LogP) is 3.16. The minimum atomic E-state index is -4.45. The van der Waals surface area contributed by atoms with Crippen LogP contribution in [0.25, 0.3) is 0 Å². The summed E-state index contributed by atoms with van der Waals surface area (Å²) in [5, 5.41) is 2.78. The van der Waals surface area contributed by atoms with Crippen molar-refractivity contribution in [3.05, 3.63) is 29.8 Å². The molecule has 0 saturated carbocycles. The van der Waals surface area contributed by atoms with Crippen molar-refractivity contribution in [2.75, 3.05) is 6.61 Å². The molecule has 1 aromatic carbocycles. The molecule has 0 bridgehead atoms. The SMILES string of the molecule is CC(Oc1cccc(C(F)(F)F)c1)C(=O)NC(C)C1CCCO1. The van der Waals surface area contributed by atoms with Crippen LogP contribution in [-0.4, -0.2) is 30.8 Å². The number of hydrogen-bond donors (Lipinski definition) is 1. The van der Waals surface area contributed by atoms with Crippen LogP contribution in [0.3, 0.4) is 0 Å². The molecule has 0 radical (unpaired) electrons. The molecule has 1 aromatic rings. The van der Waals surface area contributed by atoms with E-state index in [9.17, 15) is 18.0 Å². The van der Waals surface area contributed by atoms with Crippen LogP contribution in [0.15, 0.2) is 24.3 Å². The molecule has 1 heterocycles.